The average Bonchev–Trinajstić information content (AvgIpc) is 2.51. The summed E-state index contributed by atoms with van der Waals surface area (Å²) in [5.74, 6) is 0.247. The normalized spacial score (nSPS) is 11.6. The summed E-state index contributed by atoms with van der Waals surface area (Å²) < 4.78 is 0.658. The fourth-order valence-electron chi connectivity index (χ4n) is 3.00. The lowest BCUT2D eigenvalue weighted by Gasteiger charge is -2.35. The molecular weight excluding hydrogens is 258 g/mol. The van der Waals surface area contributed by atoms with Crippen LogP contribution >= 0.6 is 0 Å². The molecule has 0 radical (unpaired) electrons. The fourth-order valence-corrected chi connectivity index (χ4v) is 3.00. The zero-order chi connectivity index (χ0) is 16.0. The first-order valence-electron chi connectivity index (χ1n) is 9.19. The second kappa shape index (κ2) is 13.1. The Bertz CT molecular complexity index is 261. The SMILES string of the molecule is C=CC(=O)[N+](CCCC)(CCCCCC)CCCCCC. The van der Waals surface area contributed by atoms with Crippen LogP contribution in [0.3, 0.4) is 0 Å². The maximum atomic E-state index is 12.5. The minimum absolute atomic E-state index is 0.247. The number of unbranched alkanes of at least 4 members (excludes halogenated alkanes) is 7. The highest BCUT2D eigenvalue weighted by Gasteiger charge is 2.32. The molecule has 0 rings (SSSR count). The van der Waals surface area contributed by atoms with Crippen molar-refractivity contribution in [1.82, 2.24) is 0 Å². The molecule has 2 heteroatoms. The molecule has 0 aromatic heterocycles. The van der Waals surface area contributed by atoms with E-state index in [2.05, 4.69) is 27.4 Å². The van der Waals surface area contributed by atoms with Crippen LogP contribution in [0.15, 0.2) is 12.7 Å². The standard InChI is InChI=1S/C19H38NO/c1-5-9-12-14-17-20(16-11-7-3,19(21)8-4)18-15-13-10-6-2/h8H,4-7,9-18H2,1-3H3/q+1. The van der Waals surface area contributed by atoms with Gasteiger partial charge in [-0.15, -0.1) is 0 Å². The van der Waals surface area contributed by atoms with E-state index in [0.29, 0.717) is 4.48 Å². The van der Waals surface area contributed by atoms with Gasteiger partial charge in [-0.1, -0.05) is 59.5 Å². The monoisotopic (exact) mass is 296 g/mol. The maximum absolute atomic E-state index is 12.5. The van der Waals surface area contributed by atoms with Crippen LogP contribution in [0.5, 0.6) is 0 Å². The molecule has 0 atom stereocenters. The lowest BCUT2D eigenvalue weighted by atomic mass is 10.1. The van der Waals surface area contributed by atoms with Crippen LogP contribution in [-0.4, -0.2) is 30.0 Å². The van der Waals surface area contributed by atoms with E-state index in [1.165, 1.54) is 51.4 Å². The van der Waals surface area contributed by atoms with Gasteiger partial charge in [-0.25, -0.2) is 4.79 Å². The van der Waals surface area contributed by atoms with Crippen LogP contribution in [0.2, 0.25) is 0 Å². The summed E-state index contributed by atoms with van der Waals surface area (Å²) in [5, 5.41) is 0. The molecular formula is C19H38NO+. The van der Waals surface area contributed by atoms with Crippen LogP contribution in [0, 0.1) is 0 Å². The summed E-state index contributed by atoms with van der Waals surface area (Å²) in [7, 11) is 0. The van der Waals surface area contributed by atoms with Crippen LogP contribution in [0.1, 0.15) is 85.0 Å². The molecule has 0 aliphatic carbocycles. The molecule has 0 N–H and O–H groups in total. The Labute approximate surface area is 133 Å². The number of amides is 1. The van der Waals surface area contributed by atoms with Crippen LogP contribution in [-0.2, 0) is 4.79 Å². The van der Waals surface area contributed by atoms with Crippen molar-refractivity contribution in [3.05, 3.63) is 12.7 Å². The van der Waals surface area contributed by atoms with E-state index in [4.69, 9.17) is 0 Å². The zero-order valence-corrected chi connectivity index (χ0v) is 14.8. The van der Waals surface area contributed by atoms with E-state index in [0.717, 1.165) is 32.5 Å². The predicted molar refractivity (Wildman–Crippen MR) is 93.3 cm³/mol. The highest BCUT2D eigenvalue weighted by Crippen LogP contribution is 2.17. The van der Waals surface area contributed by atoms with Gasteiger partial charge in [0.2, 0.25) is 0 Å². The van der Waals surface area contributed by atoms with Gasteiger partial charge in [-0.2, -0.15) is 0 Å². The number of carbonyl (C=O) groups is 1. The zero-order valence-electron chi connectivity index (χ0n) is 14.8. The van der Waals surface area contributed by atoms with Gasteiger partial charge in [0.25, 0.3) is 0 Å². The van der Waals surface area contributed by atoms with E-state index in [9.17, 15) is 4.79 Å². The largest absolute Gasteiger partial charge is 0.338 e. The van der Waals surface area contributed by atoms with Gasteiger partial charge >= 0.3 is 5.91 Å². The molecule has 0 fully saturated rings. The van der Waals surface area contributed by atoms with E-state index < -0.39 is 0 Å². The van der Waals surface area contributed by atoms with Gasteiger partial charge in [0.05, 0.1) is 19.6 Å². The Morgan fingerprint density at radius 1 is 0.762 bits per heavy atom. The smallest absolute Gasteiger partial charge is 0.257 e. The molecule has 0 aliphatic heterocycles. The number of hydrogen-bond acceptors (Lipinski definition) is 1. The third kappa shape index (κ3) is 8.40. The lowest BCUT2D eigenvalue weighted by Crippen LogP contribution is -2.54. The third-order valence-electron chi connectivity index (χ3n) is 4.46. The summed E-state index contributed by atoms with van der Waals surface area (Å²) in [6.45, 7) is 13.5. The summed E-state index contributed by atoms with van der Waals surface area (Å²) >= 11 is 0. The first-order chi connectivity index (χ1) is 10.2. The van der Waals surface area contributed by atoms with Crippen molar-refractivity contribution >= 4 is 5.91 Å². The topological polar surface area (TPSA) is 17.1 Å². The van der Waals surface area contributed by atoms with Gasteiger partial charge in [-0.05, 0) is 32.1 Å². The summed E-state index contributed by atoms with van der Waals surface area (Å²) in [6, 6.07) is 0. The molecule has 2 nitrogen and oxygen atoms in total. The Balaban J connectivity index is 4.68. The van der Waals surface area contributed by atoms with Crippen molar-refractivity contribution in [3.63, 3.8) is 0 Å². The summed E-state index contributed by atoms with van der Waals surface area (Å²) in [4.78, 5) is 12.5. The molecule has 0 saturated carbocycles. The van der Waals surface area contributed by atoms with Crippen molar-refractivity contribution in [2.24, 2.45) is 0 Å². The number of rotatable bonds is 14. The van der Waals surface area contributed by atoms with Gasteiger partial charge in [-0.3, -0.25) is 4.48 Å². The Morgan fingerprint density at radius 3 is 1.57 bits per heavy atom. The Kier molecular flexibility index (Phi) is 12.7. The van der Waals surface area contributed by atoms with Crippen LogP contribution in [0.25, 0.3) is 0 Å². The first-order valence-corrected chi connectivity index (χ1v) is 9.19. The van der Waals surface area contributed by atoms with Crippen LogP contribution < -0.4 is 0 Å². The Hall–Kier alpha value is -0.630. The number of quaternary nitrogens is 1. The first kappa shape index (κ1) is 20.4. The predicted octanol–water partition coefficient (Wildman–Crippen LogP) is 5.48. The number of hydrogen-bond donors (Lipinski definition) is 0. The van der Waals surface area contributed by atoms with Crippen LogP contribution in [0.4, 0.5) is 0 Å². The van der Waals surface area contributed by atoms with Crippen molar-refractivity contribution in [1.29, 1.82) is 0 Å². The lowest BCUT2D eigenvalue weighted by molar-refractivity contribution is -0.853. The summed E-state index contributed by atoms with van der Waals surface area (Å²) in [5.41, 5.74) is 0. The molecule has 0 bridgehead atoms. The molecule has 0 saturated heterocycles. The highest BCUT2D eigenvalue weighted by molar-refractivity contribution is 5.80. The van der Waals surface area contributed by atoms with E-state index in [-0.39, 0.29) is 5.91 Å². The molecule has 0 aromatic rings. The van der Waals surface area contributed by atoms with E-state index in [1.54, 1.807) is 6.08 Å². The van der Waals surface area contributed by atoms with Crippen molar-refractivity contribution in [2.75, 3.05) is 19.6 Å². The third-order valence-corrected chi connectivity index (χ3v) is 4.46. The highest BCUT2D eigenvalue weighted by atomic mass is 16.2. The minimum atomic E-state index is 0.247. The Morgan fingerprint density at radius 2 is 1.19 bits per heavy atom. The molecule has 124 valence electrons. The number of nitrogens with zero attached hydrogens (tertiary/aromatic N) is 1. The quantitative estimate of drug-likeness (QED) is 0.236. The van der Waals surface area contributed by atoms with E-state index in [1.807, 2.05) is 0 Å². The van der Waals surface area contributed by atoms with Gasteiger partial charge in [0.15, 0.2) is 0 Å². The molecule has 0 heterocycles. The van der Waals surface area contributed by atoms with Crippen molar-refractivity contribution in [2.45, 2.75) is 85.0 Å². The average molecular weight is 297 g/mol. The molecule has 0 aliphatic rings. The van der Waals surface area contributed by atoms with Crippen molar-refractivity contribution in [3.8, 4) is 0 Å². The van der Waals surface area contributed by atoms with Crippen molar-refractivity contribution < 1.29 is 9.28 Å². The molecule has 1 amide bonds. The van der Waals surface area contributed by atoms with Gasteiger partial charge in [0, 0.05) is 6.08 Å². The second-order valence-electron chi connectivity index (χ2n) is 6.33. The van der Waals surface area contributed by atoms with Gasteiger partial charge in [0.1, 0.15) is 0 Å². The maximum Gasteiger partial charge on any atom is 0.338 e. The molecule has 0 spiro atoms. The number of carbonyl (C=O) groups excluding carboxylic acids is 1. The van der Waals surface area contributed by atoms with Gasteiger partial charge < -0.3 is 0 Å². The summed E-state index contributed by atoms with van der Waals surface area (Å²) in [6.07, 6.45) is 13.8. The molecule has 21 heavy (non-hydrogen) atoms. The fraction of sp³-hybridized carbons (Fsp3) is 0.842. The molecule has 0 aromatic carbocycles. The second-order valence-corrected chi connectivity index (χ2v) is 6.33. The molecule has 0 unspecified atom stereocenters. The van der Waals surface area contributed by atoms with E-state index >= 15 is 0 Å². The minimum Gasteiger partial charge on any atom is -0.257 e.